The summed E-state index contributed by atoms with van der Waals surface area (Å²) in [5.41, 5.74) is 4.79. The lowest BCUT2D eigenvalue weighted by atomic mass is 9.94. The van der Waals surface area contributed by atoms with Crippen molar-refractivity contribution in [3.63, 3.8) is 0 Å². The molecule has 3 heterocycles. The number of methoxy groups -OCH3 is 1. The second kappa shape index (κ2) is 10.6. The van der Waals surface area contributed by atoms with Crippen LogP contribution in [0.25, 0.3) is 0 Å². The maximum absolute atomic E-state index is 12.9. The molecule has 1 saturated heterocycles. The fourth-order valence-corrected chi connectivity index (χ4v) is 5.95. The summed E-state index contributed by atoms with van der Waals surface area (Å²) in [6, 6.07) is 22.3. The number of hydrogen-bond donors (Lipinski definition) is 1. The Morgan fingerprint density at radius 3 is 2.33 bits per heavy atom. The van der Waals surface area contributed by atoms with E-state index in [2.05, 4.69) is 71.4 Å². The molecule has 2 aromatic carbocycles. The molecule has 1 atom stereocenters. The Morgan fingerprint density at radius 2 is 1.69 bits per heavy atom. The molecule has 36 heavy (non-hydrogen) atoms. The number of nitrogens with one attached hydrogen (secondary N) is 1. The fourth-order valence-electron chi connectivity index (χ4n) is 4.86. The number of benzene rings is 2. The number of hydrogen-bond acceptors (Lipinski definition) is 6. The van der Waals surface area contributed by atoms with Crippen molar-refractivity contribution in [1.29, 1.82) is 0 Å². The van der Waals surface area contributed by atoms with Gasteiger partial charge < -0.3 is 19.4 Å². The molecule has 1 unspecified atom stereocenters. The van der Waals surface area contributed by atoms with Gasteiger partial charge >= 0.3 is 0 Å². The summed E-state index contributed by atoms with van der Waals surface area (Å²) in [4.78, 5) is 19.1. The van der Waals surface area contributed by atoms with Crippen LogP contribution in [0.15, 0.2) is 77.4 Å². The monoisotopic (exact) mass is 501 g/mol. The van der Waals surface area contributed by atoms with Gasteiger partial charge in [0.15, 0.2) is 5.76 Å². The topological polar surface area (TPSA) is 58.0 Å². The smallest absolute Gasteiger partial charge is 0.291 e. The van der Waals surface area contributed by atoms with E-state index >= 15 is 0 Å². The van der Waals surface area contributed by atoms with Gasteiger partial charge in [0.05, 0.1) is 19.4 Å². The molecular formula is C29H31N3O3S. The zero-order chi connectivity index (χ0) is 25.1. The van der Waals surface area contributed by atoms with Gasteiger partial charge in [0.25, 0.3) is 5.91 Å². The van der Waals surface area contributed by atoms with E-state index in [1.807, 2.05) is 12.1 Å². The minimum Gasteiger partial charge on any atom is -0.497 e. The number of rotatable bonds is 7. The number of anilines is 2. The molecule has 5 rings (SSSR count). The average molecular weight is 502 g/mol. The molecule has 1 fully saturated rings. The Kier molecular flexibility index (Phi) is 7.11. The van der Waals surface area contributed by atoms with Gasteiger partial charge in [-0.2, -0.15) is 0 Å². The van der Waals surface area contributed by atoms with E-state index in [1.54, 1.807) is 30.6 Å². The zero-order valence-corrected chi connectivity index (χ0v) is 21.7. The van der Waals surface area contributed by atoms with Crippen molar-refractivity contribution in [2.24, 2.45) is 0 Å². The van der Waals surface area contributed by atoms with Gasteiger partial charge in [0.1, 0.15) is 10.8 Å². The molecule has 0 spiro atoms. The van der Waals surface area contributed by atoms with E-state index in [1.165, 1.54) is 28.0 Å². The number of ether oxygens (including phenoxy) is 1. The normalized spacial score (nSPS) is 15.0. The molecule has 1 aliphatic rings. The second-order valence-electron chi connectivity index (χ2n) is 8.99. The van der Waals surface area contributed by atoms with Gasteiger partial charge in [-0.1, -0.05) is 30.3 Å². The Morgan fingerprint density at radius 1 is 0.972 bits per heavy atom. The maximum Gasteiger partial charge on any atom is 0.291 e. The Labute approximate surface area is 216 Å². The van der Waals surface area contributed by atoms with Gasteiger partial charge in [0, 0.05) is 42.3 Å². The first kappa shape index (κ1) is 24.2. The number of thiophene rings is 1. The predicted octanol–water partition coefficient (Wildman–Crippen LogP) is 6.13. The van der Waals surface area contributed by atoms with Crippen molar-refractivity contribution in [3.05, 3.63) is 100 Å². The van der Waals surface area contributed by atoms with Crippen LogP contribution < -0.4 is 15.0 Å². The summed E-state index contributed by atoms with van der Waals surface area (Å²) in [5.74, 6) is 0.906. The molecule has 0 aliphatic carbocycles. The number of carbonyl (C=O) groups is 1. The Bertz CT molecular complexity index is 1290. The largest absolute Gasteiger partial charge is 0.497 e. The van der Waals surface area contributed by atoms with Crippen molar-refractivity contribution in [2.45, 2.75) is 19.9 Å². The third-order valence-electron chi connectivity index (χ3n) is 6.91. The maximum atomic E-state index is 12.9. The molecule has 7 heteroatoms. The molecule has 6 nitrogen and oxygen atoms in total. The van der Waals surface area contributed by atoms with Crippen LogP contribution in [0.4, 0.5) is 10.7 Å². The first-order valence-corrected chi connectivity index (χ1v) is 13.0. The van der Waals surface area contributed by atoms with E-state index in [-0.39, 0.29) is 11.9 Å². The molecule has 0 bridgehead atoms. The Hall–Kier alpha value is -3.55. The molecule has 2 aromatic heterocycles. The predicted molar refractivity (Wildman–Crippen MR) is 146 cm³/mol. The number of carbonyl (C=O) groups excluding carboxylic acids is 1. The first-order valence-electron chi connectivity index (χ1n) is 12.2. The standard InChI is InChI=1S/C29H31N3O3S/c1-20-21(2)36-29(30-28(33)25-10-7-19-35-25)26(20)27(22-11-13-24(34-3)14-12-22)32-17-15-31(16-18-32)23-8-5-4-6-9-23/h4-14,19,27H,15-18H2,1-3H3,(H,30,33). The van der Waals surface area contributed by atoms with Gasteiger partial charge in [-0.3, -0.25) is 9.69 Å². The number of furan rings is 1. The van der Waals surface area contributed by atoms with Crippen molar-refractivity contribution in [3.8, 4) is 5.75 Å². The van der Waals surface area contributed by atoms with Crippen LogP contribution in [0.5, 0.6) is 5.75 Å². The molecule has 0 radical (unpaired) electrons. The van der Waals surface area contributed by atoms with Crippen LogP contribution in [-0.4, -0.2) is 44.1 Å². The highest BCUT2D eigenvalue weighted by atomic mass is 32.1. The minimum atomic E-state index is -0.232. The van der Waals surface area contributed by atoms with E-state index in [0.717, 1.165) is 42.5 Å². The molecule has 186 valence electrons. The SMILES string of the molecule is COc1ccc(C(c2c(NC(=O)c3ccco3)sc(C)c2C)N2CCN(c3ccccc3)CC2)cc1. The summed E-state index contributed by atoms with van der Waals surface area (Å²) >= 11 is 1.62. The highest BCUT2D eigenvalue weighted by molar-refractivity contribution is 7.16. The van der Waals surface area contributed by atoms with Crippen LogP contribution in [0, 0.1) is 13.8 Å². The second-order valence-corrected chi connectivity index (χ2v) is 10.2. The number of aryl methyl sites for hydroxylation is 1. The number of para-hydroxylation sites is 1. The summed E-state index contributed by atoms with van der Waals surface area (Å²) < 4.78 is 10.8. The van der Waals surface area contributed by atoms with Crippen LogP contribution in [-0.2, 0) is 0 Å². The molecule has 1 N–H and O–H groups in total. The fraction of sp³-hybridized carbons (Fsp3) is 0.276. The molecule has 1 amide bonds. The van der Waals surface area contributed by atoms with Crippen LogP contribution >= 0.6 is 11.3 Å². The third kappa shape index (κ3) is 4.90. The molecular weight excluding hydrogens is 470 g/mol. The third-order valence-corrected chi connectivity index (χ3v) is 8.05. The minimum absolute atomic E-state index is 0.00526. The van der Waals surface area contributed by atoms with Gasteiger partial charge in [-0.15, -0.1) is 11.3 Å². The quantitative estimate of drug-likeness (QED) is 0.330. The highest BCUT2D eigenvalue weighted by Crippen LogP contribution is 2.43. The van der Waals surface area contributed by atoms with Gasteiger partial charge in [-0.05, 0) is 61.4 Å². The summed E-state index contributed by atoms with van der Waals surface area (Å²) in [6.45, 7) is 7.96. The zero-order valence-electron chi connectivity index (χ0n) is 20.9. The Balaban J connectivity index is 1.49. The van der Waals surface area contributed by atoms with Gasteiger partial charge in [0.2, 0.25) is 0 Å². The average Bonchev–Trinajstić information content (AvgIpc) is 3.55. The van der Waals surface area contributed by atoms with E-state index < -0.39 is 0 Å². The summed E-state index contributed by atoms with van der Waals surface area (Å²) in [6.07, 6.45) is 1.52. The van der Waals surface area contributed by atoms with Crippen molar-refractivity contribution < 1.29 is 13.9 Å². The van der Waals surface area contributed by atoms with E-state index in [0.29, 0.717) is 5.76 Å². The van der Waals surface area contributed by atoms with E-state index in [4.69, 9.17) is 9.15 Å². The number of nitrogens with zero attached hydrogens (tertiary/aromatic N) is 2. The highest BCUT2D eigenvalue weighted by Gasteiger charge is 2.32. The first-order chi connectivity index (χ1) is 17.5. The molecule has 0 saturated carbocycles. The molecule has 1 aliphatic heterocycles. The lowest BCUT2D eigenvalue weighted by molar-refractivity contribution is 0.0996. The van der Waals surface area contributed by atoms with Crippen molar-refractivity contribution >= 4 is 27.9 Å². The van der Waals surface area contributed by atoms with Crippen LogP contribution in [0.1, 0.15) is 38.2 Å². The number of amides is 1. The lowest BCUT2D eigenvalue weighted by Crippen LogP contribution is -2.48. The lowest BCUT2D eigenvalue weighted by Gasteiger charge is -2.41. The van der Waals surface area contributed by atoms with Crippen molar-refractivity contribution in [1.82, 2.24) is 4.90 Å². The van der Waals surface area contributed by atoms with Crippen LogP contribution in [0.2, 0.25) is 0 Å². The van der Waals surface area contributed by atoms with E-state index in [9.17, 15) is 4.79 Å². The van der Waals surface area contributed by atoms with Crippen molar-refractivity contribution in [2.75, 3.05) is 43.5 Å². The summed E-state index contributed by atoms with van der Waals surface area (Å²) in [5, 5.41) is 4.02. The van der Waals surface area contributed by atoms with Gasteiger partial charge in [-0.25, -0.2) is 0 Å². The number of piperazine rings is 1. The molecule has 4 aromatic rings. The summed E-state index contributed by atoms with van der Waals surface area (Å²) in [7, 11) is 1.68. The van der Waals surface area contributed by atoms with Crippen LogP contribution in [0.3, 0.4) is 0 Å².